The van der Waals surface area contributed by atoms with Gasteiger partial charge in [0.25, 0.3) is 0 Å². The van der Waals surface area contributed by atoms with Crippen LogP contribution in [0, 0.1) is 0 Å². The number of nitrogens with zero attached hydrogens (tertiary/aromatic N) is 1. The number of rotatable bonds is 5. The van der Waals surface area contributed by atoms with Gasteiger partial charge in [-0.15, -0.1) is 0 Å². The van der Waals surface area contributed by atoms with Crippen LogP contribution >= 0.6 is 0 Å². The van der Waals surface area contributed by atoms with Gasteiger partial charge in [0.05, 0.1) is 18.8 Å². The molecule has 3 rings (SSSR count). The van der Waals surface area contributed by atoms with E-state index in [2.05, 4.69) is 29.2 Å². The summed E-state index contributed by atoms with van der Waals surface area (Å²) in [5, 5.41) is 0. The third-order valence-electron chi connectivity index (χ3n) is 5.00. The smallest absolute Gasteiger partial charge is 0.222 e. The van der Waals surface area contributed by atoms with Gasteiger partial charge in [-0.25, -0.2) is 0 Å². The Morgan fingerprint density at radius 1 is 1.14 bits per heavy atom. The van der Waals surface area contributed by atoms with Crippen LogP contribution in [0.15, 0.2) is 30.3 Å². The molecule has 1 aromatic carbocycles. The number of fused-ring (bicyclic) bond motifs is 1. The number of amides is 1. The van der Waals surface area contributed by atoms with Crippen molar-refractivity contribution in [1.82, 2.24) is 4.90 Å². The van der Waals surface area contributed by atoms with Crippen LogP contribution in [0.3, 0.4) is 0 Å². The highest BCUT2D eigenvalue weighted by atomic mass is 16.5. The van der Waals surface area contributed by atoms with E-state index in [4.69, 9.17) is 4.74 Å². The maximum absolute atomic E-state index is 12.5. The molecule has 0 N–H and O–H groups in total. The van der Waals surface area contributed by atoms with Crippen LogP contribution < -0.4 is 0 Å². The van der Waals surface area contributed by atoms with Gasteiger partial charge in [-0.05, 0) is 37.7 Å². The third-order valence-corrected chi connectivity index (χ3v) is 5.00. The topological polar surface area (TPSA) is 29.5 Å². The van der Waals surface area contributed by atoms with Gasteiger partial charge in [0, 0.05) is 13.0 Å². The van der Waals surface area contributed by atoms with Gasteiger partial charge in [0.2, 0.25) is 5.91 Å². The lowest BCUT2D eigenvalue weighted by atomic mass is 9.90. The molecule has 3 nitrogen and oxygen atoms in total. The molecule has 0 bridgehead atoms. The molecule has 1 aliphatic carbocycles. The highest BCUT2D eigenvalue weighted by molar-refractivity contribution is 5.76. The summed E-state index contributed by atoms with van der Waals surface area (Å²) in [4.78, 5) is 14.7. The minimum absolute atomic E-state index is 0.302. The van der Waals surface area contributed by atoms with Crippen molar-refractivity contribution in [2.24, 2.45) is 0 Å². The van der Waals surface area contributed by atoms with Crippen LogP contribution in [-0.2, 0) is 16.0 Å². The third kappa shape index (κ3) is 3.89. The lowest BCUT2D eigenvalue weighted by Crippen LogP contribution is -2.54. The van der Waals surface area contributed by atoms with E-state index >= 15 is 0 Å². The van der Waals surface area contributed by atoms with Gasteiger partial charge in [0.1, 0.15) is 0 Å². The molecule has 2 atom stereocenters. The van der Waals surface area contributed by atoms with E-state index in [9.17, 15) is 4.79 Å². The number of aryl methyl sites for hydroxylation is 1. The molecule has 3 heteroatoms. The molecule has 2 aliphatic rings. The molecular formula is C19H27NO2. The lowest BCUT2D eigenvalue weighted by Gasteiger charge is -2.43. The zero-order valence-electron chi connectivity index (χ0n) is 13.4. The fraction of sp³-hybridized carbons (Fsp3) is 0.632. The molecule has 0 aromatic heterocycles. The zero-order valence-corrected chi connectivity index (χ0v) is 13.4. The van der Waals surface area contributed by atoms with E-state index in [1.807, 2.05) is 6.07 Å². The first-order chi connectivity index (χ1) is 10.8. The second-order valence-corrected chi connectivity index (χ2v) is 6.54. The number of hydrogen-bond acceptors (Lipinski definition) is 2. The van der Waals surface area contributed by atoms with Crippen LogP contribution in [0.1, 0.15) is 50.5 Å². The average Bonchev–Trinajstić information content (AvgIpc) is 2.59. The monoisotopic (exact) mass is 301 g/mol. The molecule has 1 aromatic rings. The lowest BCUT2D eigenvalue weighted by molar-refractivity contribution is -0.149. The highest BCUT2D eigenvalue weighted by Crippen LogP contribution is 2.29. The summed E-state index contributed by atoms with van der Waals surface area (Å²) in [5.74, 6) is 0.341. The predicted molar refractivity (Wildman–Crippen MR) is 87.7 cm³/mol. The maximum Gasteiger partial charge on any atom is 0.222 e. The van der Waals surface area contributed by atoms with E-state index in [0.717, 1.165) is 45.3 Å². The van der Waals surface area contributed by atoms with Gasteiger partial charge >= 0.3 is 0 Å². The molecule has 1 heterocycles. The van der Waals surface area contributed by atoms with Crippen molar-refractivity contribution in [3.8, 4) is 0 Å². The van der Waals surface area contributed by atoms with Crippen LogP contribution in [0.5, 0.6) is 0 Å². The van der Waals surface area contributed by atoms with E-state index in [-0.39, 0.29) is 0 Å². The Bertz CT molecular complexity index is 472. The molecule has 120 valence electrons. The van der Waals surface area contributed by atoms with Gasteiger partial charge in [-0.1, -0.05) is 43.2 Å². The number of carbonyl (C=O) groups excluding carboxylic acids is 1. The Balaban J connectivity index is 1.43. The van der Waals surface area contributed by atoms with Gasteiger partial charge < -0.3 is 9.64 Å². The first-order valence-electron chi connectivity index (χ1n) is 8.79. The van der Waals surface area contributed by atoms with Crippen molar-refractivity contribution in [3.05, 3.63) is 35.9 Å². The number of carbonyl (C=O) groups is 1. The Morgan fingerprint density at radius 3 is 2.82 bits per heavy atom. The number of morpholine rings is 1. The summed E-state index contributed by atoms with van der Waals surface area (Å²) in [6.45, 7) is 1.51. The van der Waals surface area contributed by atoms with E-state index in [1.54, 1.807) is 0 Å². The molecule has 1 saturated heterocycles. The normalized spacial score (nSPS) is 24.8. The summed E-state index contributed by atoms with van der Waals surface area (Å²) in [6, 6.07) is 10.9. The molecule has 1 aliphatic heterocycles. The van der Waals surface area contributed by atoms with Gasteiger partial charge in [-0.2, -0.15) is 0 Å². The summed E-state index contributed by atoms with van der Waals surface area (Å²) in [5.41, 5.74) is 1.37. The van der Waals surface area contributed by atoms with Crippen LogP contribution in [0.25, 0.3) is 0 Å². The fourth-order valence-electron chi connectivity index (χ4n) is 3.80. The molecule has 0 radical (unpaired) electrons. The SMILES string of the molecule is O=C(CCCCc1ccccc1)N1CCOC2CCCCC21. The first kappa shape index (κ1) is 15.5. The largest absolute Gasteiger partial charge is 0.374 e. The second kappa shape index (κ2) is 7.77. The Kier molecular flexibility index (Phi) is 5.49. The fourth-order valence-corrected chi connectivity index (χ4v) is 3.80. The summed E-state index contributed by atoms with van der Waals surface area (Å²) < 4.78 is 5.85. The van der Waals surface area contributed by atoms with Gasteiger partial charge in [0.15, 0.2) is 0 Å². The summed E-state index contributed by atoms with van der Waals surface area (Å²) >= 11 is 0. The first-order valence-corrected chi connectivity index (χ1v) is 8.79. The molecular weight excluding hydrogens is 274 g/mol. The Hall–Kier alpha value is -1.35. The minimum atomic E-state index is 0.302. The van der Waals surface area contributed by atoms with Crippen molar-refractivity contribution in [2.75, 3.05) is 13.2 Å². The highest BCUT2D eigenvalue weighted by Gasteiger charge is 2.36. The van der Waals surface area contributed by atoms with Crippen LogP contribution in [0.2, 0.25) is 0 Å². The number of unbranched alkanes of at least 4 members (excludes halogenated alkanes) is 1. The Labute approximate surface area is 133 Å². The van der Waals surface area contributed by atoms with E-state index in [0.29, 0.717) is 24.5 Å². The van der Waals surface area contributed by atoms with Crippen molar-refractivity contribution in [3.63, 3.8) is 0 Å². The van der Waals surface area contributed by atoms with Crippen LogP contribution in [0.4, 0.5) is 0 Å². The minimum Gasteiger partial charge on any atom is -0.374 e. The molecule has 22 heavy (non-hydrogen) atoms. The summed E-state index contributed by atoms with van der Waals surface area (Å²) in [7, 11) is 0. The van der Waals surface area contributed by atoms with Crippen molar-refractivity contribution >= 4 is 5.91 Å². The number of ether oxygens (including phenoxy) is 1. The van der Waals surface area contributed by atoms with E-state index in [1.165, 1.54) is 18.4 Å². The standard InChI is InChI=1S/C19H27NO2/c21-19(13-7-4-10-16-8-2-1-3-9-16)20-14-15-22-18-12-6-5-11-17(18)20/h1-3,8-9,17-18H,4-7,10-15H2. The van der Waals surface area contributed by atoms with Crippen LogP contribution in [-0.4, -0.2) is 36.1 Å². The molecule has 2 unspecified atom stereocenters. The average molecular weight is 301 g/mol. The zero-order chi connectivity index (χ0) is 15.2. The predicted octanol–water partition coefficient (Wildman–Crippen LogP) is 3.57. The van der Waals surface area contributed by atoms with E-state index < -0.39 is 0 Å². The number of hydrogen-bond donors (Lipinski definition) is 0. The molecule has 1 amide bonds. The maximum atomic E-state index is 12.5. The quantitative estimate of drug-likeness (QED) is 0.778. The Morgan fingerprint density at radius 2 is 1.95 bits per heavy atom. The molecule has 0 spiro atoms. The van der Waals surface area contributed by atoms with Crippen molar-refractivity contribution < 1.29 is 9.53 Å². The van der Waals surface area contributed by atoms with Gasteiger partial charge in [-0.3, -0.25) is 4.79 Å². The number of benzene rings is 1. The second-order valence-electron chi connectivity index (χ2n) is 6.54. The summed E-state index contributed by atoms with van der Waals surface area (Å²) in [6.07, 6.45) is 8.89. The van der Waals surface area contributed by atoms with Crippen molar-refractivity contribution in [2.45, 2.75) is 63.5 Å². The molecule has 1 saturated carbocycles. The molecule has 2 fully saturated rings. The van der Waals surface area contributed by atoms with Crippen molar-refractivity contribution in [1.29, 1.82) is 0 Å².